The second kappa shape index (κ2) is 6.54. The van der Waals surface area contributed by atoms with Gasteiger partial charge in [0.25, 0.3) is 0 Å². The number of likely N-dealkylation sites (N-methyl/N-ethyl adjacent to an activating group) is 2. The van der Waals surface area contributed by atoms with Crippen LogP contribution in [0.4, 0.5) is 0 Å². The summed E-state index contributed by atoms with van der Waals surface area (Å²) < 4.78 is 0. The summed E-state index contributed by atoms with van der Waals surface area (Å²) in [5.74, 6) is -1.41. The molecular formula is C13H22N2O4. The highest BCUT2D eigenvalue weighted by Gasteiger charge is 2.43. The van der Waals surface area contributed by atoms with Crippen LogP contribution in [-0.4, -0.2) is 47.9 Å². The third-order valence-electron chi connectivity index (χ3n) is 3.68. The molecule has 0 spiro atoms. The molecule has 0 aliphatic heterocycles. The number of rotatable bonds is 6. The molecule has 0 radical (unpaired) electrons. The third-order valence-corrected chi connectivity index (χ3v) is 3.68. The SMILES string of the molecule is CCNC(=O)CN(C)C(=O)CC1(C(=O)O)CCCC1. The third kappa shape index (κ3) is 3.94. The summed E-state index contributed by atoms with van der Waals surface area (Å²) in [5, 5.41) is 11.9. The van der Waals surface area contributed by atoms with Gasteiger partial charge in [0.1, 0.15) is 0 Å². The van der Waals surface area contributed by atoms with Gasteiger partial charge in [-0.25, -0.2) is 0 Å². The number of carboxylic acids is 1. The molecule has 1 aliphatic rings. The maximum Gasteiger partial charge on any atom is 0.310 e. The van der Waals surface area contributed by atoms with Crippen molar-refractivity contribution in [3.63, 3.8) is 0 Å². The van der Waals surface area contributed by atoms with Crippen molar-refractivity contribution in [1.82, 2.24) is 10.2 Å². The van der Waals surface area contributed by atoms with Crippen LogP contribution >= 0.6 is 0 Å². The van der Waals surface area contributed by atoms with E-state index in [-0.39, 0.29) is 24.8 Å². The molecule has 0 heterocycles. The molecule has 0 aromatic rings. The van der Waals surface area contributed by atoms with E-state index in [2.05, 4.69) is 5.32 Å². The molecule has 6 heteroatoms. The molecular weight excluding hydrogens is 248 g/mol. The molecule has 1 rings (SSSR count). The van der Waals surface area contributed by atoms with Gasteiger partial charge in [0.2, 0.25) is 11.8 Å². The van der Waals surface area contributed by atoms with Crippen LogP contribution in [-0.2, 0) is 14.4 Å². The Morgan fingerprint density at radius 2 is 1.84 bits per heavy atom. The number of nitrogens with zero attached hydrogens (tertiary/aromatic N) is 1. The number of hydrogen-bond acceptors (Lipinski definition) is 3. The number of carboxylic acid groups (broad SMARTS) is 1. The van der Waals surface area contributed by atoms with Gasteiger partial charge in [0.15, 0.2) is 0 Å². The fraction of sp³-hybridized carbons (Fsp3) is 0.769. The summed E-state index contributed by atoms with van der Waals surface area (Å²) in [4.78, 5) is 36.1. The Labute approximate surface area is 113 Å². The smallest absolute Gasteiger partial charge is 0.310 e. The molecule has 6 nitrogen and oxygen atoms in total. The first kappa shape index (κ1) is 15.5. The highest BCUT2D eigenvalue weighted by molar-refractivity contribution is 5.88. The van der Waals surface area contributed by atoms with Crippen molar-refractivity contribution in [1.29, 1.82) is 0 Å². The average molecular weight is 270 g/mol. The van der Waals surface area contributed by atoms with Crippen molar-refractivity contribution in [2.45, 2.75) is 39.0 Å². The normalized spacial score (nSPS) is 16.9. The lowest BCUT2D eigenvalue weighted by molar-refractivity contribution is -0.153. The van der Waals surface area contributed by atoms with Crippen molar-refractivity contribution in [2.75, 3.05) is 20.1 Å². The highest BCUT2D eigenvalue weighted by atomic mass is 16.4. The van der Waals surface area contributed by atoms with Crippen LogP contribution < -0.4 is 5.32 Å². The van der Waals surface area contributed by atoms with Gasteiger partial charge >= 0.3 is 5.97 Å². The van der Waals surface area contributed by atoms with Gasteiger partial charge < -0.3 is 15.3 Å². The maximum absolute atomic E-state index is 12.0. The lowest BCUT2D eigenvalue weighted by Crippen LogP contribution is -2.41. The predicted molar refractivity (Wildman–Crippen MR) is 69.5 cm³/mol. The van der Waals surface area contributed by atoms with Gasteiger partial charge in [-0.3, -0.25) is 14.4 Å². The van der Waals surface area contributed by atoms with E-state index in [1.54, 1.807) is 6.92 Å². The van der Waals surface area contributed by atoms with Crippen molar-refractivity contribution >= 4 is 17.8 Å². The molecule has 0 saturated heterocycles. The quantitative estimate of drug-likeness (QED) is 0.740. The second-order valence-electron chi connectivity index (χ2n) is 5.17. The molecule has 108 valence electrons. The standard InChI is InChI=1S/C13H22N2O4/c1-3-14-10(16)9-15(2)11(17)8-13(12(18)19)6-4-5-7-13/h3-9H2,1-2H3,(H,14,16)(H,18,19). The molecule has 0 atom stereocenters. The summed E-state index contributed by atoms with van der Waals surface area (Å²) in [5.41, 5.74) is -0.924. The molecule has 0 unspecified atom stereocenters. The van der Waals surface area contributed by atoms with Crippen molar-refractivity contribution in [2.24, 2.45) is 5.41 Å². The van der Waals surface area contributed by atoms with E-state index in [0.717, 1.165) is 12.8 Å². The monoisotopic (exact) mass is 270 g/mol. The molecule has 0 bridgehead atoms. The van der Waals surface area contributed by atoms with Crippen molar-refractivity contribution in [3.05, 3.63) is 0 Å². The number of carbonyl (C=O) groups excluding carboxylic acids is 2. The average Bonchev–Trinajstić information content (AvgIpc) is 2.79. The largest absolute Gasteiger partial charge is 0.481 e. The molecule has 1 saturated carbocycles. The van der Waals surface area contributed by atoms with E-state index < -0.39 is 11.4 Å². The Kier molecular flexibility index (Phi) is 5.32. The van der Waals surface area contributed by atoms with Crippen LogP contribution in [0.1, 0.15) is 39.0 Å². The minimum Gasteiger partial charge on any atom is -0.481 e. The summed E-state index contributed by atoms with van der Waals surface area (Å²) in [6.07, 6.45) is 2.77. The molecule has 2 amide bonds. The molecule has 1 aliphatic carbocycles. The highest BCUT2D eigenvalue weighted by Crippen LogP contribution is 2.41. The van der Waals surface area contributed by atoms with Crippen molar-refractivity contribution < 1.29 is 19.5 Å². The van der Waals surface area contributed by atoms with E-state index in [1.165, 1.54) is 11.9 Å². The Morgan fingerprint density at radius 1 is 1.26 bits per heavy atom. The summed E-state index contributed by atoms with van der Waals surface area (Å²) in [7, 11) is 1.53. The zero-order valence-corrected chi connectivity index (χ0v) is 11.6. The Hall–Kier alpha value is -1.59. The van der Waals surface area contributed by atoms with Gasteiger partial charge in [-0.05, 0) is 19.8 Å². The predicted octanol–water partition coefficient (Wildman–Crippen LogP) is 0.616. The minimum atomic E-state index is -0.924. The fourth-order valence-electron chi connectivity index (χ4n) is 2.50. The summed E-state index contributed by atoms with van der Waals surface area (Å²) in [6.45, 7) is 2.29. The Balaban J connectivity index is 2.57. The zero-order chi connectivity index (χ0) is 14.5. The van der Waals surface area contributed by atoms with Gasteiger partial charge in [0, 0.05) is 20.0 Å². The number of amides is 2. The van der Waals surface area contributed by atoms with E-state index in [1.807, 2.05) is 0 Å². The number of hydrogen-bond donors (Lipinski definition) is 2. The van der Waals surface area contributed by atoms with E-state index >= 15 is 0 Å². The van der Waals surface area contributed by atoms with Crippen molar-refractivity contribution in [3.8, 4) is 0 Å². The van der Waals surface area contributed by atoms with E-state index in [0.29, 0.717) is 19.4 Å². The first-order chi connectivity index (χ1) is 8.91. The maximum atomic E-state index is 12.0. The molecule has 0 aromatic carbocycles. The van der Waals surface area contributed by atoms with Crippen LogP contribution in [0.2, 0.25) is 0 Å². The summed E-state index contributed by atoms with van der Waals surface area (Å²) in [6, 6.07) is 0. The van der Waals surface area contributed by atoms with Gasteiger partial charge in [-0.15, -0.1) is 0 Å². The van der Waals surface area contributed by atoms with Gasteiger partial charge in [0.05, 0.1) is 12.0 Å². The minimum absolute atomic E-state index is 0.0156. The van der Waals surface area contributed by atoms with E-state index in [9.17, 15) is 19.5 Å². The number of nitrogens with one attached hydrogen (secondary N) is 1. The first-order valence-corrected chi connectivity index (χ1v) is 6.65. The number of aliphatic carboxylic acids is 1. The lowest BCUT2D eigenvalue weighted by Gasteiger charge is -2.26. The van der Waals surface area contributed by atoms with Gasteiger partial charge in [-0.1, -0.05) is 12.8 Å². The van der Waals surface area contributed by atoms with Crippen LogP contribution in [0.5, 0.6) is 0 Å². The fourth-order valence-corrected chi connectivity index (χ4v) is 2.50. The summed E-state index contributed by atoms with van der Waals surface area (Å²) >= 11 is 0. The van der Waals surface area contributed by atoms with Crippen LogP contribution in [0.15, 0.2) is 0 Å². The molecule has 19 heavy (non-hydrogen) atoms. The topological polar surface area (TPSA) is 86.7 Å². The molecule has 1 fully saturated rings. The van der Waals surface area contributed by atoms with Crippen LogP contribution in [0.3, 0.4) is 0 Å². The zero-order valence-electron chi connectivity index (χ0n) is 11.6. The number of carbonyl (C=O) groups is 3. The Morgan fingerprint density at radius 3 is 2.32 bits per heavy atom. The van der Waals surface area contributed by atoms with Crippen LogP contribution in [0, 0.1) is 5.41 Å². The second-order valence-corrected chi connectivity index (χ2v) is 5.17. The lowest BCUT2D eigenvalue weighted by atomic mass is 9.82. The Bertz CT molecular complexity index is 362. The van der Waals surface area contributed by atoms with Crippen LogP contribution in [0.25, 0.3) is 0 Å². The molecule has 2 N–H and O–H groups in total. The van der Waals surface area contributed by atoms with E-state index in [4.69, 9.17) is 0 Å². The molecule has 0 aromatic heterocycles. The first-order valence-electron chi connectivity index (χ1n) is 6.65. The van der Waals surface area contributed by atoms with Gasteiger partial charge in [-0.2, -0.15) is 0 Å².